The average Bonchev–Trinajstić information content (AvgIpc) is 2.52. The van der Waals surface area contributed by atoms with Gasteiger partial charge in [-0.05, 0) is 23.4 Å². The standard InChI is InChI=1S/C10H12ClNOS/c11-10-8(1-2-14-10)3-7-4-9(13)6-12-5-7/h1-2,4,9,12-13H,3,5-6H2. The fourth-order valence-electron chi connectivity index (χ4n) is 1.58. The summed E-state index contributed by atoms with van der Waals surface area (Å²) in [5.41, 5.74) is 2.36. The van der Waals surface area contributed by atoms with Crippen LogP contribution in [0.2, 0.25) is 4.34 Å². The highest BCUT2D eigenvalue weighted by Gasteiger charge is 2.11. The lowest BCUT2D eigenvalue weighted by atomic mass is 10.0. The predicted molar refractivity (Wildman–Crippen MR) is 60.0 cm³/mol. The van der Waals surface area contributed by atoms with Crippen molar-refractivity contribution in [3.63, 3.8) is 0 Å². The molecule has 2 heterocycles. The van der Waals surface area contributed by atoms with Gasteiger partial charge in [0, 0.05) is 13.1 Å². The van der Waals surface area contributed by atoms with E-state index in [1.54, 1.807) is 11.3 Å². The van der Waals surface area contributed by atoms with Crippen molar-refractivity contribution < 1.29 is 5.11 Å². The first-order valence-corrected chi connectivity index (χ1v) is 5.81. The first-order valence-electron chi connectivity index (χ1n) is 4.56. The van der Waals surface area contributed by atoms with Crippen molar-refractivity contribution in [2.45, 2.75) is 12.5 Å². The maximum Gasteiger partial charge on any atom is 0.0963 e. The third kappa shape index (κ3) is 2.36. The third-order valence-corrected chi connectivity index (χ3v) is 3.50. The normalized spacial score (nSPS) is 22.1. The Morgan fingerprint density at radius 2 is 2.50 bits per heavy atom. The fourth-order valence-corrected chi connectivity index (χ4v) is 2.51. The van der Waals surface area contributed by atoms with Gasteiger partial charge in [0.05, 0.1) is 10.4 Å². The number of aliphatic hydroxyl groups excluding tert-OH is 1. The van der Waals surface area contributed by atoms with E-state index in [9.17, 15) is 5.11 Å². The first kappa shape index (κ1) is 10.2. The quantitative estimate of drug-likeness (QED) is 0.759. The van der Waals surface area contributed by atoms with Crippen molar-refractivity contribution in [1.82, 2.24) is 5.32 Å². The largest absolute Gasteiger partial charge is 0.388 e. The van der Waals surface area contributed by atoms with Crippen LogP contribution in [-0.2, 0) is 6.42 Å². The van der Waals surface area contributed by atoms with Crippen LogP contribution >= 0.6 is 22.9 Å². The van der Waals surface area contributed by atoms with Crippen LogP contribution in [-0.4, -0.2) is 24.3 Å². The lowest BCUT2D eigenvalue weighted by Crippen LogP contribution is -2.32. The average molecular weight is 230 g/mol. The molecule has 0 fully saturated rings. The summed E-state index contributed by atoms with van der Waals surface area (Å²) >= 11 is 7.55. The Balaban J connectivity index is 2.07. The Bertz CT molecular complexity index is 348. The van der Waals surface area contributed by atoms with Crippen LogP contribution in [0.5, 0.6) is 0 Å². The molecule has 0 spiro atoms. The van der Waals surface area contributed by atoms with Crippen LogP contribution in [0.1, 0.15) is 5.56 Å². The molecule has 14 heavy (non-hydrogen) atoms. The number of hydrogen-bond acceptors (Lipinski definition) is 3. The molecule has 0 saturated heterocycles. The number of β-amino-alcohol motifs (C(OH)–C–C–N with tert-alkyl or cyclic N) is 1. The number of halogens is 1. The van der Waals surface area contributed by atoms with Crippen LogP contribution in [0.3, 0.4) is 0 Å². The molecule has 0 bridgehead atoms. The van der Waals surface area contributed by atoms with Crippen molar-refractivity contribution in [2.75, 3.05) is 13.1 Å². The molecule has 0 aromatic carbocycles. The first-order chi connectivity index (χ1) is 6.75. The summed E-state index contributed by atoms with van der Waals surface area (Å²) in [5, 5.41) is 14.6. The highest BCUT2D eigenvalue weighted by Crippen LogP contribution is 2.25. The number of aliphatic hydroxyl groups is 1. The molecular formula is C10H12ClNOS. The minimum atomic E-state index is -0.351. The molecule has 1 atom stereocenters. The molecule has 2 N–H and O–H groups in total. The molecule has 2 nitrogen and oxygen atoms in total. The van der Waals surface area contributed by atoms with Crippen molar-refractivity contribution in [3.05, 3.63) is 33.0 Å². The highest BCUT2D eigenvalue weighted by molar-refractivity contribution is 7.14. The van der Waals surface area contributed by atoms with E-state index < -0.39 is 0 Å². The van der Waals surface area contributed by atoms with Crippen LogP contribution in [0, 0.1) is 0 Å². The smallest absolute Gasteiger partial charge is 0.0963 e. The zero-order chi connectivity index (χ0) is 9.97. The second-order valence-corrected chi connectivity index (χ2v) is 4.94. The maximum atomic E-state index is 9.41. The van der Waals surface area contributed by atoms with Crippen LogP contribution in [0.4, 0.5) is 0 Å². The molecular weight excluding hydrogens is 218 g/mol. The molecule has 76 valence electrons. The zero-order valence-electron chi connectivity index (χ0n) is 7.66. The molecule has 4 heteroatoms. The summed E-state index contributed by atoms with van der Waals surface area (Å²) in [4.78, 5) is 0. The molecule has 2 rings (SSSR count). The van der Waals surface area contributed by atoms with E-state index in [1.165, 1.54) is 5.57 Å². The Morgan fingerprint density at radius 3 is 3.14 bits per heavy atom. The van der Waals surface area contributed by atoms with E-state index in [4.69, 9.17) is 11.6 Å². The van der Waals surface area contributed by atoms with Gasteiger partial charge in [0.1, 0.15) is 0 Å². The minimum Gasteiger partial charge on any atom is -0.388 e. The van der Waals surface area contributed by atoms with Crippen LogP contribution in [0.25, 0.3) is 0 Å². The second kappa shape index (κ2) is 4.45. The molecule has 0 amide bonds. The Morgan fingerprint density at radius 1 is 1.64 bits per heavy atom. The van der Waals surface area contributed by atoms with E-state index >= 15 is 0 Å². The molecule has 0 saturated carbocycles. The Labute approximate surface area is 92.2 Å². The molecule has 1 aliphatic rings. The van der Waals surface area contributed by atoms with Gasteiger partial charge in [0.25, 0.3) is 0 Å². The molecule has 1 aliphatic heterocycles. The number of nitrogens with one attached hydrogen (secondary N) is 1. The summed E-state index contributed by atoms with van der Waals surface area (Å²) < 4.78 is 0.853. The molecule has 0 radical (unpaired) electrons. The highest BCUT2D eigenvalue weighted by atomic mass is 35.5. The van der Waals surface area contributed by atoms with Crippen molar-refractivity contribution in [3.8, 4) is 0 Å². The summed E-state index contributed by atoms with van der Waals surface area (Å²) in [6, 6.07) is 2.04. The summed E-state index contributed by atoms with van der Waals surface area (Å²) in [6.07, 6.45) is 2.41. The van der Waals surface area contributed by atoms with E-state index in [0.29, 0.717) is 6.54 Å². The predicted octanol–water partition coefficient (Wildman–Crippen LogP) is 1.83. The Kier molecular flexibility index (Phi) is 3.23. The van der Waals surface area contributed by atoms with E-state index in [0.717, 1.165) is 22.9 Å². The van der Waals surface area contributed by atoms with Gasteiger partial charge in [0.2, 0.25) is 0 Å². The van der Waals surface area contributed by atoms with Crippen LogP contribution in [0.15, 0.2) is 23.1 Å². The van der Waals surface area contributed by atoms with Gasteiger partial charge < -0.3 is 10.4 Å². The van der Waals surface area contributed by atoms with Crippen molar-refractivity contribution in [1.29, 1.82) is 0 Å². The molecule has 0 aliphatic carbocycles. The zero-order valence-corrected chi connectivity index (χ0v) is 9.24. The number of hydrogen-bond donors (Lipinski definition) is 2. The van der Waals surface area contributed by atoms with Gasteiger partial charge in [0.15, 0.2) is 0 Å². The monoisotopic (exact) mass is 229 g/mol. The lowest BCUT2D eigenvalue weighted by Gasteiger charge is -2.18. The van der Waals surface area contributed by atoms with Gasteiger partial charge in [-0.3, -0.25) is 0 Å². The summed E-state index contributed by atoms with van der Waals surface area (Å²) in [5.74, 6) is 0. The van der Waals surface area contributed by atoms with Crippen molar-refractivity contribution >= 4 is 22.9 Å². The molecule has 1 aromatic heterocycles. The Hall–Kier alpha value is -0.350. The number of rotatable bonds is 2. The third-order valence-electron chi connectivity index (χ3n) is 2.24. The molecule has 1 unspecified atom stereocenters. The van der Waals surface area contributed by atoms with Gasteiger partial charge in [-0.2, -0.15) is 0 Å². The minimum absolute atomic E-state index is 0.351. The maximum absolute atomic E-state index is 9.41. The second-order valence-electron chi connectivity index (χ2n) is 3.42. The summed E-state index contributed by atoms with van der Waals surface area (Å²) in [6.45, 7) is 1.50. The summed E-state index contributed by atoms with van der Waals surface area (Å²) in [7, 11) is 0. The van der Waals surface area contributed by atoms with Gasteiger partial charge in [-0.15, -0.1) is 11.3 Å². The lowest BCUT2D eigenvalue weighted by molar-refractivity contribution is 0.213. The topological polar surface area (TPSA) is 32.3 Å². The fraction of sp³-hybridized carbons (Fsp3) is 0.400. The SMILES string of the molecule is OC1C=C(Cc2ccsc2Cl)CNC1. The van der Waals surface area contributed by atoms with E-state index in [2.05, 4.69) is 5.32 Å². The number of thiophene rings is 1. The van der Waals surface area contributed by atoms with Crippen LogP contribution < -0.4 is 5.32 Å². The van der Waals surface area contributed by atoms with Gasteiger partial charge >= 0.3 is 0 Å². The van der Waals surface area contributed by atoms with Gasteiger partial charge in [-0.25, -0.2) is 0 Å². The molecule has 1 aromatic rings. The van der Waals surface area contributed by atoms with E-state index in [1.807, 2.05) is 17.5 Å². The van der Waals surface area contributed by atoms with E-state index in [-0.39, 0.29) is 6.10 Å². The van der Waals surface area contributed by atoms with Gasteiger partial charge in [-0.1, -0.05) is 23.3 Å². The van der Waals surface area contributed by atoms with Crippen molar-refractivity contribution in [2.24, 2.45) is 0 Å².